The first-order valence-electron chi connectivity index (χ1n) is 12.5. The number of nitrogens with two attached hydrogens (primary N) is 1. The summed E-state index contributed by atoms with van der Waals surface area (Å²) in [6.07, 6.45) is 12.3. The number of fused-ring (bicyclic) bond motifs is 3. The summed E-state index contributed by atoms with van der Waals surface area (Å²) in [5, 5.41) is 4.66. The fourth-order valence-corrected chi connectivity index (χ4v) is 5.04. The molecule has 6 rings (SSSR count). The second kappa shape index (κ2) is 10.0. The molecule has 2 aromatic heterocycles. The topological polar surface area (TPSA) is 55.9 Å². The van der Waals surface area contributed by atoms with Crippen molar-refractivity contribution in [2.75, 3.05) is 0 Å². The molecule has 0 aliphatic carbocycles. The average molecular weight is 481 g/mol. The minimum Gasteiger partial charge on any atom is -0.405 e. The van der Waals surface area contributed by atoms with E-state index in [1.54, 1.807) is 0 Å². The average Bonchev–Trinajstić information content (AvgIpc) is 3.30. The Morgan fingerprint density at radius 3 is 2.57 bits per heavy atom. The number of nitrogens with zero attached hydrogens (tertiary/aromatic N) is 2. The highest BCUT2D eigenvalue weighted by Gasteiger charge is 2.18. The van der Waals surface area contributed by atoms with Crippen molar-refractivity contribution in [3.8, 4) is 28.1 Å². The van der Waals surface area contributed by atoms with Crippen molar-refractivity contribution in [1.82, 2.24) is 14.9 Å². The Labute approximate surface area is 217 Å². The zero-order valence-corrected chi connectivity index (χ0v) is 20.5. The lowest BCUT2D eigenvalue weighted by Gasteiger charge is -2.15. The molecular weight excluding hydrogens is 452 g/mol. The normalized spacial score (nSPS) is 12.9. The van der Waals surface area contributed by atoms with E-state index in [1.165, 1.54) is 28.4 Å². The lowest BCUT2D eigenvalue weighted by atomic mass is 10.0. The van der Waals surface area contributed by atoms with Crippen LogP contribution in [-0.4, -0.2) is 9.55 Å². The van der Waals surface area contributed by atoms with Crippen molar-refractivity contribution in [2.45, 2.75) is 13.0 Å². The maximum absolute atomic E-state index is 5.48. The second-order valence-electron chi connectivity index (χ2n) is 9.10. The molecule has 3 aromatic carbocycles. The van der Waals surface area contributed by atoms with E-state index in [2.05, 4.69) is 107 Å². The van der Waals surface area contributed by atoms with Gasteiger partial charge in [-0.25, -0.2) is 0 Å². The Morgan fingerprint density at radius 1 is 0.838 bits per heavy atom. The molecule has 0 atom stereocenters. The predicted octanol–water partition coefficient (Wildman–Crippen LogP) is 7.00. The van der Waals surface area contributed by atoms with Crippen molar-refractivity contribution in [2.24, 2.45) is 5.73 Å². The number of aromatic nitrogens is 2. The maximum atomic E-state index is 5.48. The number of para-hydroxylation sites is 1. The Bertz CT molecular complexity index is 1660. The molecule has 0 radical (unpaired) electrons. The van der Waals surface area contributed by atoms with E-state index in [1.807, 2.05) is 24.4 Å². The predicted molar refractivity (Wildman–Crippen MR) is 154 cm³/mol. The number of pyridine rings is 1. The number of allylic oxidation sites excluding steroid dienone is 3. The third-order valence-corrected chi connectivity index (χ3v) is 6.73. The number of hydrogen-bond donors (Lipinski definition) is 2. The minimum atomic E-state index is 0.727. The summed E-state index contributed by atoms with van der Waals surface area (Å²) in [6.45, 7) is 0.833. The SMILES string of the molecule is N/C=C\C=C/Cc1cc(-c2cccc(-n3c4c(c5ccccc53)CNC=C4)c2)cc(-c2ccccc2)n1. The van der Waals surface area contributed by atoms with Crippen LogP contribution < -0.4 is 11.1 Å². The smallest absolute Gasteiger partial charge is 0.0711 e. The first-order valence-corrected chi connectivity index (χ1v) is 12.5. The maximum Gasteiger partial charge on any atom is 0.0711 e. The monoisotopic (exact) mass is 480 g/mol. The summed E-state index contributed by atoms with van der Waals surface area (Å²) in [7, 11) is 0. The molecule has 0 amide bonds. The Kier molecular flexibility index (Phi) is 6.14. The molecule has 37 heavy (non-hydrogen) atoms. The molecule has 0 saturated carbocycles. The molecule has 0 unspecified atom stereocenters. The summed E-state index contributed by atoms with van der Waals surface area (Å²) in [5.74, 6) is 0. The third-order valence-electron chi connectivity index (χ3n) is 6.73. The van der Waals surface area contributed by atoms with Gasteiger partial charge >= 0.3 is 0 Å². The molecule has 180 valence electrons. The van der Waals surface area contributed by atoms with Crippen LogP contribution in [0.2, 0.25) is 0 Å². The second-order valence-corrected chi connectivity index (χ2v) is 9.10. The summed E-state index contributed by atoms with van der Waals surface area (Å²) in [5.41, 5.74) is 15.8. The zero-order chi connectivity index (χ0) is 25.0. The highest BCUT2D eigenvalue weighted by atomic mass is 15.0. The Morgan fingerprint density at radius 2 is 1.68 bits per heavy atom. The van der Waals surface area contributed by atoms with E-state index < -0.39 is 0 Å². The number of benzene rings is 3. The highest BCUT2D eigenvalue weighted by Crippen LogP contribution is 2.34. The molecule has 1 aliphatic rings. The van der Waals surface area contributed by atoms with Crippen LogP contribution in [0.4, 0.5) is 0 Å². The largest absolute Gasteiger partial charge is 0.405 e. The molecule has 3 heterocycles. The summed E-state index contributed by atoms with van der Waals surface area (Å²) >= 11 is 0. The molecule has 5 aromatic rings. The van der Waals surface area contributed by atoms with Gasteiger partial charge in [-0.2, -0.15) is 0 Å². The fraction of sp³-hybridized carbons (Fsp3) is 0.0606. The van der Waals surface area contributed by atoms with Gasteiger partial charge in [0.15, 0.2) is 0 Å². The van der Waals surface area contributed by atoms with E-state index in [0.29, 0.717) is 0 Å². The first kappa shape index (κ1) is 22.6. The number of rotatable bonds is 6. The number of hydrogen-bond acceptors (Lipinski definition) is 3. The molecule has 0 fully saturated rings. The molecular formula is C33H28N4. The van der Waals surface area contributed by atoms with Crippen LogP contribution in [0.25, 0.3) is 45.1 Å². The van der Waals surface area contributed by atoms with E-state index in [0.717, 1.165) is 46.7 Å². The molecule has 0 bridgehead atoms. The van der Waals surface area contributed by atoms with Gasteiger partial charge in [0.1, 0.15) is 0 Å². The van der Waals surface area contributed by atoms with Gasteiger partial charge in [-0.05, 0) is 66.0 Å². The third kappa shape index (κ3) is 4.45. The lowest BCUT2D eigenvalue weighted by Crippen LogP contribution is -2.10. The standard InChI is InChI=1S/C33H28N4/c34-18-8-2-5-13-27-20-26(22-31(36-27)24-10-3-1-4-11-24)25-12-9-14-28(21-25)37-32-16-7-6-15-29(32)30-23-35-19-17-33(30)37/h1-12,14-22,35H,13,23,34H2/b5-2-,18-8-. The minimum absolute atomic E-state index is 0.727. The lowest BCUT2D eigenvalue weighted by molar-refractivity contribution is 0.855. The molecule has 4 nitrogen and oxygen atoms in total. The molecule has 4 heteroatoms. The van der Waals surface area contributed by atoms with E-state index >= 15 is 0 Å². The van der Waals surface area contributed by atoms with E-state index in [-0.39, 0.29) is 0 Å². The van der Waals surface area contributed by atoms with Crippen molar-refractivity contribution in [3.05, 3.63) is 139 Å². The van der Waals surface area contributed by atoms with Crippen LogP contribution in [0.5, 0.6) is 0 Å². The van der Waals surface area contributed by atoms with Gasteiger partial charge in [0.25, 0.3) is 0 Å². The van der Waals surface area contributed by atoms with E-state index in [9.17, 15) is 0 Å². The first-order chi connectivity index (χ1) is 18.3. The van der Waals surface area contributed by atoms with Gasteiger partial charge in [0.05, 0.1) is 16.9 Å². The van der Waals surface area contributed by atoms with Crippen LogP contribution in [0.3, 0.4) is 0 Å². The van der Waals surface area contributed by atoms with Gasteiger partial charge in [-0.3, -0.25) is 4.98 Å². The van der Waals surface area contributed by atoms with Crippen molar-refractivity contribution >= 4 is 17.0 Å². The van der Waals surface area contributed by atoms with Crippen LogP contribution in [0.1, 0.15) is 17.0 Å². The molecule has 3 N–H and O–H groups in total. The zero-order valence-electron chi connectivity index (χ0n) is 20.5. The summed E-state index contributed by atoms with van der Waals surface area (Å²) in [6, 6.07) is 32.2. The Hall–Kier alpha value is -4.83. The molecule has 0 saturated heterocycles. The summed E-state index contributed by atoms with van der Waals surface area (Å²) < 4.78 is 2.37. The van der Waals surface area contributed by atoms with Crippen molar-refractivity contribution in [1.29, 1.82) is 0 Å². The van der Waals surface area contributed by atoms with Crippen LogP contribution >= 0.6 is 0 Å². The fourth-order valence-electron chi connectivity index (χ4n) is 5.04. The van der Waals surface area contributed by atoms with Crippen LogP contribution in [0.15, 0.2) is 122 Å². The highest BCUT2D eigenvalue weighted by molar-refractivity contribution is 5.91. The molecule has 0 spiro atoms. The van der Waals surface area contributed by atoms with E-state index in [4.69, 9.17) is 10.7 Å². The van der Waals surface area contributed by atoms with Gasteiger partial charge in [-0.1, -0.05) is 72.8 Å². The quantitative estimate of drug-likeness (QED) is 0.257. The number of nitrogens with one attached hydrogen (secondary N) is 1. The van der Waals surface area contributed by atoms with Gasteiger partial charge in [0, 0.05) is 40.9 Å². The van der Waals surface area contributed by atoms with Crippen LogP contribution in [-0.2, 0) is 13.0 Å². The molecule has 1 aliphatic heterocycles. The Balaban J connectivity index is 1.48. The van der Waals surface area contributed by atoms with Crippen molar-refractivity contribution in [3.63, 3.8) is 0 Å². The van der Waals surface area contributed by atoms with Crippen molar-refractivity contribution < 1.29 is 0 Å². The summed E-state index contributed by atoms with van der Waals surface area (Å²) in [4.78, 5) is 4.97. The van der Waals surface area contributed by atoms with Gasteiger partial charge < -0.3 is 15.6 Å². The van der Waals surface area contributed by atoms with Gasteiger partial charge in [-0.15, -0.1) is 0 Å². The van der Waals surface area contributed by atoms with Crippen LogP contribution in [0, 0.1) is 0 Å². The van der Waals surface area contributed by atoms with Gasteiger partial charge in [0.2, 0.25) is 0 Å².